The number of benzene rings is 2. The number of imidazole rings is 2. The number of nitrogens with one attached hydrogen (secondary N) is 4. The molecule has 20 nitrogen and oxygen atoms in total. The average molecular weight is 835 g/mol. The van der Waals surface area contributed by atoms with Gasteiger partial charge in [-0.2, -0.15) is 0 Å². The first-order valence-corrected chi connectivity index (χ1v) is 20.0. The molecule has 0 radical (unpaired) electrons. The molecule has 6 atom stereocenters. The topological polar surface area (TPSA) is 272 Å². The average Bonchev–Trinajstić information content (AvgIpc) is 4.09. The monoisotopic (exact) mass is 834 g/mol. The Hall–Kier alpha value is -7.04. The Bertz CT molecular complexity index is 2290. The third kappa shape index (κ3) is 9.88. The number of aromatic nitrogens is 4. The predicted octanol–water partition coefficient (Wildman–Crippen LogP) is 7.05. The van der Waals surface area contributed by atoms with Crippen molar-refractivity contribution in [2.45, 2.75) is 70.7 Å². The van der Waals surface area contributed by atoms with E-state index in [0.717, 1.165) is 33.6 Å². The van der Waals surface area contributed by atoms with Gasteiger partial charge >= 0.3 is 12.2 Å². The minimum Gasteiger partial charge on any atom is -0.453 e. The zero-order valence-electron chi connectivity index (χ0n) is 34.8. The fraction of sp³-hybridized carbons (Fsp3) is 0.463. The Morgan fingerprint density at radius 3 is 1.57 bits per heavy atom. The molecule has 2 saturated heterocycles. The second-order valence-electron chi connectivity index (χ2n) is 15.8. The number of carbonyl (C=O) groups excluding carboxylic acids is 4. The van der Waals surface area contributed by atoms with Gasteiger partial charge in [0.15, 0.2) is 0 Å². The number of likely N-dealkylation sites (tertiary alicyclic amines) is 2. The lowest BCUT2D eigenvalue weighted by Crippen LogP contribution is -2.51. The fourth-order valence-corrected chi connectivity index (χ4v) is 7.90. The summed E-state index contributed by atoms with van der Waals surface area (Å²) >= 11 is 0. The molecule has 0 bridgehead atoms. The number of aromatic amines is 2. The molecule has 0 saturated carbocycles. The SMILES string of the molecule is COC(=O)NC[C@H](C(=O)N1C[C@@H](N=[N+]=[N-])CC1c1ncc(-c2ccc(-c3ccc(-c4cnc(C5C[C@H](N=[N+]=[N-])CN5C(=O)[C@@H](NC(=O)OC)C(C)C)[nH]4)cc3)cc2)[nH]1)C(C)C. The van der Waals surface area contributed by atoms with Gasteiger partial charge in [-0.05, 0) is 58.0 Å². The van der Waals surface area contributed by atoms with E-state index in [1.165, 1.54) is 14.2 Å². The highest BCUT2D eigenvalue weighted by Gasteiger charge is 2.42. The van der Waals surface area contributed by atoms with Gasteiger partial charge in [-0.25, -0.2) is 19.6 Å². The number of nitrogens with zero attached hydrogens (tertiary/aromatic N) is 10. The van der Waals surface area contributed by atoms with Crippen LogP contribution in [-0.2, 0) is 19.1 Å². The Morgan fingerprint density at radius 1 is 0.721 bits per heavy atom. The van der Waals surface area contributed by atoms with E-state index in [4.69, 9.17) is 20.5 Å². The van der Waals surface area contributed by atoms with Gasteiger partial charge in [-0.1, -0.05) is 86.5 Å². The van der Waals surface area contributed by atoms with Crippen LogP contribution in [-0.4, -0.2) is 106 Å². The number of ether oxygens (including phenoxy) is 2. The molecule has 4 aromatic rings. The van der Waals surface area contributed by atoms with E-state index in [1.807, 2.05) is 76.2 Å². The molecule has 20 heteroatoms. The van der Waals surface area contributed by atoms with Crippen molar-refractivity contribution in [1.29, 1.82) is 0 Å². The van der Waals surface area contributed by atoms with Crippen molar-refractivity contribution in [1.82, 2.24) is 40.4 Å². The summed E-state index contributed by atoms with van der Waals surface area (Å²) in [4.78, 5) is 76.7. The van der Waals surface area contributed by atoms with Crippen molar-refractivity contribution in [3.63, 3.8) is 0 Å². The molecule has 4 amide bonds. The van der Waals surface area contributed by atoms with E-state index in [2.05, 4.69) is 50.6 Å². The number of carbonyl (C=O) groups is 4. The highest BCUT2D eigenvalue weighted by atomic mass is 16.5. The lowest BCUT2D eigenvalue weighted by molar-refractivity contribution is -0.138. The molecule has 4 heterocycles. The number of azide groups is 2. The summed E-state index contributed by atoms with van der Waals surface area (Å²) in [5.74, 6) is -0.226. The molecule has 2 aromatic heterocycles. The van der Waals surface area contributed by atoms with Gasteiger partial charge < -0.3 is 39.9 Å². The molecule has 2 aliphatic rings. The first kappa shape index (κ1) is 43.5. The lowest BCUT2D eigenvalue weighted by Gasteiger charge is -2.30. The van der Waals surface area contributed by atoms with Crippen LogP contribution in [0.4, 0.5) is 9.59 Å². The molecule has 4 N–H and O–H groups in total. The van der Waals surface area contributed by atoms with Crippen molar-refractivity contribution in [2.75, 3.05) is 33.9 Å². The largest absolute Gasteiger partial charge is 0.453 e. The summed E-state index contributed by atoms with van der Waals surface area (Å²) in [6.07, 6.45) is 2.87. The number of amides is 4. The zero-order chi connectivity index (χ0) is 43.8. The molecule has 0 spiro atoms. The summed E-state index contributed by atoms with van der Waals surface area (Å²) in [6.45, 7) is 7.99. The zero-order valence-corrected chi connectivity index (χ0v) is 34.8. The number of alkyl carbamates (subject to hydrolysis) is 2. The van der Waals surface area contributed by atoms with E-state index in [0.29, 0.717) is 24.5 Å². The molecule has 61 heavy (non-hydrogen) atoms. The number of methoxy groups -OCH3 is 2. The molecular weight excluding hydrogens is 785 g/mol. The van der Waals surface area contributed by atoms with E-state index in [-0.39, 0.29) is 43.3 Å². The standard InChI is InChI=1S/C41H50N14O6/c1-22(2)30(17-46-40(58)60-5)38(56)54-20-28(50-52-42)15-33(54)36-44-18-31(47-36)26-11-7-24(8-12-26)25-9-13-27(14-10-25)32-19-45-37(48-32)34-16-29(51-53-43)21-55(34)39(57)35(23(3)4)49-41(59)61-6/h7-14,18-19,22-23,28-30,33-35H,15-17,20-21H2,1-6H3,(H,44,47)(H,45,48)(H,46,58)(H,49,59)/t28-,29-,30-,33?,34?,35-/m0/s1. The Labute approximate surface area is 352 Å². The van der Waals surface area contributed by atoms with E-state index >= 15 is 0 Å². The van der Waals surface area contributed by atoms with Gasteiger partial charge in [0, 0.05) is 29.5 Å². The van der Waals surface area contributed by atoms with Gasteiger partial charge in [-0.3, -0.25) is 9.59 Å². The van der Waals surface area contributed by atoms with Crippen LogP contribution >= 0.6 is 0 Å². The first-order valence-electron chi connectivity index (χ1n) is 20.0. The molecule has 2 aromatic carbocycles. The summed E-state index contributed by atoms with van der Waals surface area (Å²) in [5.41, 5.74) is 23.5. The van der Waals surface area contributed by atoms with Gasteiger partial charge in [-0.15, -0.1) is 0 Å². The molecule has 320 valence electrons. The third-order valence-corrected chi connectivity index (χ3v) is 11.3. The maximum atomic E-state index is 13.9. The predicted molar refractivity (Wildman–Crippen MR) is 224 cm³/mol. The molecule has 0 aliphatic carbocycles. The second kappa shape index (κ2) is 19.4. The Balaban J connectivity index is 1.15. The van der Waals surface area contributed by atoms with Gasteiger partial charge in [0.25, 0.3) is 0 Å². The molecule has 2 unspecified atom stereocenters. The van der Waals surface area contributed by atoms with Crippen LogP contribution in [0.1, 0.15) is 64.3 Å². The fourth-order valence-electron chi connectivity index (χ4n) is 7.90. The quantitative estimate of drug-likeness (QED) is 0.0579. The van der Waals surface area contributed by atoms with Gasteiger partial charge in [0.2, 0.25) is 11.8 Å². The molecule has 2 fully saturated rings. The summed E-state index contributed by atoms with van der Waals surface area (Å²) in [7, 11) is 2.51. The molecular formula is C41H50N14O6. The summed E-state index contributed by atoms with van der Waals surface area (Å²) in [5, 5.41) is 13.1. The van der Waals surface area contributed by atoms with Crippen molar-refractivity contribution in [3.05, 3.63) is 93.5 Å². The maximum Gasteiger partial charge on any atom is 0.407 e. The number of rotatable bonds is 14. The van der Waals surface area contributed by atoms with Crippen molar-refractivity contribution in [2.24, 2.45) is 28.0 Å². The van der Waals surface area contributed by atoms with Crippen molar-refractivity contribution >= 4 is 24.0 Å². The summed E-state index contributed by atoms with van der Waals surface area (Å²) < 4.78 is 9.44. The Kier molecular flexibility index (Phi) is 13.8. The highest BCUT2D eigenvalue weighted by molar-refractivity contribution is 5.86. The highest BCUT2D eigenvalue weighted by Crippen LogP contribution is 2.37. The minimum absolute atomic E-state index is 0.0840. The van der Waals surface area contributed by atoms with Crippen LogP contribution in [0.2, 0.25) is 0 Å². The minimum atomic E-state index is -0.847. The van der Waals surface area contributed by atoms with Crippen LogP contribution in [0, 0.1) is 17.8 Å². The van der Waals surface area contributed by atoms with Crippen LogP contribution in [0.15, 0.2) is 71.2 Å². The number of hydrogen-bond donors (Lipinski definition) is 4. The Morgan fingerprint density at radius 2 is 1.16 bits per heavy atom. The van der Waals surface area contributed by atoms with Crippen LogP contribution in [0.3, 0.4) is 0 Å². The molecule has 2 aliphatic heterocycles. The summed E-state index contributed by atoms with van der Waals surface area (Å²) in [6, 6.07) is 13.3. The van der Waals surface area contributed by atoms with Gasteiger partial charge in [0.05, 0.1) is 68.1 Å². The number of hydrogen-bond acceptors (Lipinski definition) is 10. The number of H-pyrrole nitrogens is 2. The maximum absolute atomic E-state index is 13.9. The van der Waals surface area contributed by atoms with E-state index in [9.17, 15) is 19.2 Å². The second-order valence-corrected chi connectivity index (χ2v) is 15.8. The van der Waals surface area contributed by atoms with E-state index < -0.39 is 48.3 Å². The molecule has 6 rings (SSSR count). The first-order chi connectivity index (χ1) is 29.3. The third-order valence-electron chi connectivity index (χ3n) is 11.3. The normalized spacial score (nSPS) is 19.5. The van der Waals surface area contributed by atoms with Crippen LogP contribution < -0.4 is 10.6 Å². The van der Waals surface area contributed by atoms with Crippen LogP contribution in [0.25, 0.3) is 54.5 Å². The van der Waals surface area contributed by atoms with Crippen LogP contribution in [0.5, 0.6) is 0 Å². The smallest absolute Gasteiger partial charge is 0.407 e. The lowest BCUT2D eigenvalue weighted by atomic mass is 9.94. The van der Waals surface area contributed by atoms with Crippen molar-refractivity contribution in [3.8, 4) is 33.6 Å². The van der Waals surface area contributed by atoms with Gasteiger partial charge in [0.1, 0.15) is 17.7 Å². The van der Waals surface area contributed by atoms with Crippen molar-refractivity contribution < 1.29 is 28.7 Å². The van der Waals surface area contributed by atoms with E-state index in [1.54, 1.807) is 22.2 Å².